The Morgan fingerprint density at radius 3 is 2.76 bits per heavy atom. The molecule has 1 fully saturated rings. The first-order chi connectivity index (χ1) is 9.82. The smallest absolute Gasteiger partial charge is 0.311 e. The topological polar surface area (TPSA) is 104 Å². The first kappa shape index (κ1) is 15.2. The largest absolute Gasteiger partial charge is 0.502 e. The molecule has 21 heavy (non-hydrogen) atoms. The van der Waals surface area contributed by atoms with Crippen molar-refractivity contribution in [3.8, 4) is 5.75 Å². The fourth-order valence-electron chi connectivity index (χ4n) is 2.49. The summed E-state index contributed by atoms with van der Waals surface area (Å²) in [6, 6.07) is 3.89. The number of amides is 1. The quantitative estimate of drug-likeness (QED) is 0.638. The van der Waals surface area contributed by atoms with Crippen molar-refractivity contribution < 1.29 is 19.9 Å². The Balaban J connectivity index is 2.24. The molecule has 0 radical (unpaired) electrons. The minimum Gasteiger partial charge on any atom is -0.502 e. The molecular weight excluding hydrogens is 276 g/mol. The molecule has 1 aromatic carbocycles. The lowest BCUT2D eigenvalue weighted by Gasteiger charge is -2.22. The molecule has 7 nitrogen and oxygen atoms in total. The summed E-state index contributed by atoms with van der Waals surface area (Å²) in [5.74, 6) is -1.06. The number of hydrogen-bond acceptors (Lipinski definition) is 5. The highest BCUT2D eigenvalue weighted by Gasteiger charge is 2.29. The number of likely N-dealkylation sites (tertiary alicyclic amines) is 1. The van der Waals surface area contributed by atoms with Crippen LogP contribution in [0.3, 0.4) is 0 Å². The van der Waals surface area contributed by atoms with Crippen LogP contribution in [0.4, 0.5) is 5.69 Å². The molecule has 0 bridgehead atoms. The number of hydrogen-bond donors (Lipinski definition) is 2. The van der Waals surface area contributed by atoms with E-state index in [1.807, 2.05) is 0 Å². The molecule has 2 N–H and O–H groups in total. The molecule has 0 spiro atoms. The third-order valence-electron chi connectivity index (χ3n) is 3.79. The van der Waals surface area contributed by atoms with Crippen LogP contribution >= 0.6 is 0 Å². The van der Waals surface area contributed by atoms with Gasteiger partial charge in [-0.25, -0.2) is 0 Å². The maximum atomic E-state index is 12.4. The summed E-state index contributed by atoms with van der Waals surface area (Å²) >= 11 is 0. The summed E-state index contributed by atoms with van der Waals surface area (Å²) in [5, 5.41) is 30.7. The molecule has 1 unspecified atom stereocenters. The van der Waals surface area contributed by atoms with Gasteiger partial charge in [0.15, 0.2) is 0 Å². The monoisotopic (exact) mass is 294 g/mol. The summed E-state index contributed by atoms with van der Waals surface area (Å²) < 4.78 is 0. The highest BCUT2D eigenvalue weighted by atomic mass is 16.6. The molecule has 1 aliphatic heterocycles. The molecule has 0 aromatic heterocycles. The predicted molar refractivity (Wildman–Crippen MR) is 75.1 cm³/mol. The standard InChI is InChI=1S/C14H18N2O5/c1-14(19)6-3-8-15(9-7-14)13(18)10-4-2-5-11(12(10)17)16(20)21/h2,4-5,17,19H,3,6-9H2,1H3. The second-order valence-corrected chi connectivity index (χ2v) is 5.57. The average molecular weight is 294 g/mol. The van der Waals surface area contributed by atoms with Crippen LogP contribution in [0.2, 0.25) is 0 Å². The van der Waals surface area contributed by atoms with E-state index in [4.69, 9.17) is 0 Å². The zero-order valence-corrected chi connectivity index (χ0v) is 11.8. The Labute approximate surface area is 122 Å². The molecule has 1 atom stereocenters. The van der Waals surface area contributed by atoms with Crippen LogP contribution < -0.4 is 0 Å². The highest BCUT2D eigenvalue weighted by Crippen LogP contribution is 2.31. The van der Waals surface area contributed by atoms with Gasteiger partial charge in [-0.05, 0) is 32.3 Å². The Morgan fingerprint density at radius 1 is 1.38 bits per heavy atom. The lowest BCUT2D eigenvalue weighted by Crippen LogP contribution is -2.33. The predicted octanol–water partition coefficient (Wildman–Crippen LogP) is 1.68. The maximum absolute atomic E-state index is 12.4. The van der Waals surface area contributed by atoms with Crippen molar-refractivity contribution in [1.82, 2.24) is 4.90 Å². The number of para-hydroxylation sites is 1. The van der Waals surface area contributed by atoms with Gasteiger partial charge in [0, 0.05) is 19.2 Å². The third kappa shape index (κ3) is 3.30. The van der Waals surface area contributed by atoms with Crippen molar-refractivity contribution in [3.05, 3.63) is 33.9 Å². The molecular formula is C14H18N2O5. The van der Waals surface area contributed by atoms with Crippen LogP contribution in [0, 0.1) is 10.1 Å². The lowest BCUT2D eigenvalue weighted by molar-refractivity contribution is -0.385. The normalized spacial score (nSPS) is 22.7. The zero-order chi connectivity index (χ0) is 15.6. The number of carbonyl (C=O) groups excluding carboxylic acids is 1. The third-order valence-corrected chi connectivity index (χ3v) is 3.79. The van der Waals surface area contributed by atoms with Gasteiger partial charge in [0.05, 0.1) is 16.1 Å². The number of benzene rings is 1. The van der Waals surface area contributed by atoms with E-state index in [-0.39, 0.29) is 5.56 Å². The van der Waals surface area contributed by atoms with Gasteiger partial charge >= 0.3 is 5.69 Å². The van der Waals surface area contributed by atoms with E-state index in [1.54, 1.807) is 6.92 Å². The fraction of sp³-hybridized carbons (Fsp3) is 0.500. The van der Waals surface area contributed by atoms with Gasteiger partial charge in [0.25, 0.3) is 5.91 Å². The molecule has 1 amide bonds. The summed E-state index contributed by atoms with van der Waals surface area (Å²) in [4.78, 5) is 24.0. The highest BCUT2D eigenvalue weighted by molar-refractivity contribution is 5.98. The van der Waals surface area contributed by atoms with Gasteiger partial charge in [-0.15, -0.1) is 0 Å². The number of rotatable bonds is 2. The average Bonchev–Trinajstić information content (AvgIpc) is 2.59. The molecule has 114 valence electrons. The van der Waals surface area contributed by atoms with Crippen molar-refractivity contribution in [3.63, 3.8) is 0 Å². The summed E-state index contributed by atoms with van der Waals surface area (Å²) in [5.41, 5.74) is -1.37. The Bertz CT molecular complexity index is 570. The second-order valence-electron chi connectivity index (χ2n) is 5.57. The Morgan fingerprint density at radius 2 is 2.10 bits per heavy atom. The summed E-state index contributed by atoms with van der Waals surface area (Å²) in [7, 11) is 0. The number of phenols is 1. The van der Waals surface area contributed by atoms with Gasteiger partial charge < -0.3 is 15.1 Å². The van der Waals surface area contributed by atoms with Crippen molar-refractivity contribution >= 4 is 11.6 Å². The zero-order valence-electron chi connectivity index (χ0n) is 11.8. The first-order valence-corrected chi connectivity index (χ1v) is 6.80. The van der Waals surface area contributed by atoms with Crippen molar-refractivity contribution in [2.45, 2.75) is 31.8 Å². The number of nitro groups is 1. The van der Waals surface area contributed by atoms with E-state index in [0.717, 1.165) is 6.07 Å². The van der Waals surface area contributed by atoms with E-state index in [2.05, 4.69) is 0 Å². The van der Waals surface area contributed by atoms with E-state index < -0.39 is 27.9 Å². The second kappa shape index (κ2) is 5.69. The van der Waals surface area contributed by atoms with Gasteiger partial charge in [-0.2, -0.15) is 0 Å². The number of nitrogens with zero attached hydrogens (tertiary/aromatic N) is 2. The van der Waals surface area contributed by atoms with E-state index in [1.165, 1.54) is 17.0 Å². The minimum absolute atomic E-state index is 0.0780. The molecule has 1 aromatic rings. The van der Waals surface area contributed by atoms with Gasteiger partial charge in [-0.1, -0.05) is 6.07 Å². The minimum atomic E-state index is -0.806. The number of aromatic hydroxyl groups is 1. The Kier molecular flexibility index (Phi) is 4.13. The van der Waals surface area contributed by atoms with Crippen LogP contribution in [0.1, 0.15) is 36.5 Å². The van der Waals surface area contributed by atoms with Crippen molar-refractivity contribution in [1.29, 1.82) is 0 Å². The fourth-order valence-corrected chi connectivity index (χ4v) is 2.49. The molecule has 1 heterocycles. The number of carbonyl (C=O) groups is 1. The maximum Gasteiger partial charge on any atom is 0.311 e. The first-order valence-electron chi connectivity index (χ1n) is 6.80. The molecule has 1 saturated heterocycles. The van der Waals surface area contributed by atoms with E-state index in [0.29, 0.717) is 32.4 Å². The van der Waals surface area contributed by atoms with Crippen molar-refractivity contribution in [2.24, 2.45) is 0 Å². The molecule has 1 aliphatic rings. The van der Waals surface area contributed by atoms with E-state index in [9.17, 15) is 25.1 Å². The van der Waals surface area contributed by atoms with Crippen LogP contribution in [0.5, 0.6) is 5.75 Å². The van der Waals surface area contributed by atoms with Crippen LogP contribution in [-0.2, 0) is 0 Å². The van der Waals surface area contributed by atoms with Gasteiger partial charge in [-0.3, -0.25) is 14.9 Å². The Hall–Kier alpha value is -2.15. The number of phenolic OH excluding ortho intramolecular Hbond substituents is 1. The lowest BCUT2D eigenvalue weighted by atomic mass is 9.98. The number of nitro benzene ring substituents is 1. The van der Waals surface area contributed by atoms with Gasteiger partial charge in [0.1, 0.15) is 0 Å². The molecule has 0 aliphatic carbocycles. The van der Waals surface area contributed by atoms with E-state index >= 15 is 0 Å². The van der Waals surface area contributed by atoms with Crippen LogP contribution in [0.25, 0.3) is 0 Å². The van der Waals surface area contributed by atoms with Crippen LogP contribution in [-0.4, -0.2) is 44.6 Å². The molecule has 0 saturated carbocycles. The van der Waals surface area contributed by atoms with Crippen LogP contribution in [0.15, 0.2) is 18.2 Å². The van der Waals surface area contributed by atoms with Gasteiger partial charge in [0.2, 0.25) is 5.75 Å². The molecule has 7 heteroatoms. The summed E-state index contributed by atoms with van der Waals surface area (Å²) in [6.07, 6.45) is 1.68. The number of aliphatic hydroxyl groups is 1. The summed E-state index contributed by atoms with van der Waals surface area (Å²) in [6.45, 7) is 2.54. The SMILES string of the molecule is CC1(O)CCCN(C(=O)c2cccc([N+](=O)[O-])c2O)CC1. The van der Waals surface area contributed by atoms with Crippen molar-refractivity contribution in [2.75, 3.05) is 13.1 Å². The molecule has 2 rings (SSSR count).